The van der Waals surface area contributed by atoms with Gasteiger partial charge in [-0.25, -0.2) is 0 Å². The van der Waals surface area contributed by atoms with Gasteiger partial charge in [0.05, 0.1) is 6.04 Å². The number of hydrogen-bond donors (Lipinski definition) is 1. The molecule has 2 aromatic rings. The molecule has 2 amide bonds. The van der Waals surface area contributed by atoms with Crippen LogP contribution in [0.3, 0.4) is 0 Å². The molecule has 2 aliphatic rings. The molecule has 1 N–H and O–H groups in total. The first-order chi connectivity index (χ1) is 12.0. The maximum Gasteiger partial charge on any atom is 0.251 e. The SMILES string of the molecule is CC(=O)N1CCc2cc(C(=O)N[C@@H]3c4ccccc4C[C@H]3C)ccc21. The number of carbonyl (C=O) groups is 2. The maximum atomic E-state index is 12.8. The molecule has 4 heteroatoms. The summed E-state index contributed by atoms with van der Waals surface area (Å²) in [5, 5.41) is 3.21. The Morgan fingerprint density at radius 3 is 2.72 bits per heavy atom. The van der Waals surface area contributed by atoms with Gasteiger partial charge in [0.25, 0.3) is 5.91 Å². The van der Waals surface area contributed by atoms with Crippen molar-refractivity contribution >= 4 is 17.5 Å². The van der Waals surface area contributed by atoms with E-state index in [-0.39, 0.29) is 17.9 Å². The zero-order chi connectivity index (χ0) is 17.6. The number of hydrogen-bond acceptors (Lipinski definition) is 2. The van der Waals surface area contributed by atoms with E-state index in [0.717, 1.165) is 24.1 Å². The molecule has 0 saturated carbocycles. The number of carbonyl (C=O) groups excluding carboxylic acids is 2. The van der Waals surface area contributed by atoms with Crippen molar-refractivity contribution in [2.24, 2.45) is 5.92 Å². The Kier molecular flexibility index (Phi) is 3.83. The summed E-state index contributed by atoms with van der Waals surface area (Å²) >= 11 is 0. The van der Waals surface area contributed by atoms with E-state index in [0.29, 0.717) is 18.0 Å². The zero-order valence-electron chi connectivity index (χ0n) is 14.6. The van der Waals surface area contributed by atoms with Gasteiger partial charge in [-0.05, 0) is 53.6 Å². The van der Waals surface area contributed by atoms with Gasteiger partial charge in [-0.3, -0.25) is 9.59 Å². The monoisotopic (exact) mass is 334 g/mol. The standard InChI is InChI=1S/C21H22N2O2/c1-13-11-15-5-3-4-6-18(15)20(13)22-21(25)17-7-8-19-16(12-17)9-10-23(19)14(2)24/h3-8,12-13,20H,9-11H2,1-2H3,(H,22,25)/t13-,20+/m1/s1. The van der Waals surface area contributed by atoms with E-state index in [1.54, 1.807) is 11.8 Å². The topological polar surface area (TPSA) is 49.4 Å². The molecule has 2 aromatic carbocycles. The largest absolute Gasteiger partial charge is 0.345 e. The quantitative estimate of drug-likeness (QED) is 0.916. The van der Waals surface area contributed by atoms with Crippen LogP contribution in [-0.4, -0.2) is 18.4 Å². The van der Waals surface area contributed by atoms with Crippen molar-refractivity contribution in [2.75, 3.05) is 11.4 Å². The lowest BCUT2D eigenvalue weighted by Crippen LogP contribution is -2.30. The Labute approximate surface area is 147 Å². The van der Waals surface area contributed by atoms with Gasteiger partial charge in [0.1, 0.15) is 0 Å². The Balaban J connectivity index is 1.56. The predicted octanol–water partition coefficient (Wildman–Crippen LogP) is 3.26. The first-order valence-corrected chi connectivity index (χ1v) is 8.84. The first-order valence-electron chi connectivity index (χ1n) is 8.84. The third-order valence-corrected chi connectivity index (χ3v) is 5.41. The van der Waals surface area contributed by atoms with E-state index in [1.807, 2.05) is 24.3 Å². The minimum Gasteiger partial charge on any atom is -0.345 e. The van der Waals surface area contributed by atoms with Crippen LogP contribution in [0.25, 0.3) is 0 Å². The van der Waals surface area contributed by atoms with Crippen LogP contribution in [0.4, 0.5) is 5.69 Å². The molecule has 0 bridgehead atoms. The molecular formula is C21H22N2O2. The molecule has 0 aromatic heterocycles. The van der Waals surface area contributed by atoms with Crippen LogP contribution in [0, 0.1) is 5.92 Å². The van der Waals surface area contributed by atoms with Crippen molar-refractivity contribution in [2.45, 2.75) is 32.7 Å². The van der Waals surface area contributed by atoms with Crippen molar-refractivity contribution < 1.29 is 9.59 Å². The van der Waals surface area contributed by atoms with Crippen LogP contribution in [0.15, 0.2) is 42.5 Å². The molecule has 0 spiro atoms. The number of fused-ring (bicyclic) bond motifs is 2. The highest BCUT2D eigenvalue weighted by Crippen LogP contribution is 2.36. The number of rotatable bonds is 2. The Morgan fingerprint density at radius 2 is 1.92 bits per heavy atom. The molecular weight excluding hydrogens is 312 g/mol. The van der Waals surface area contributed by atoms with Gasteiger partial charge in [-0.15, -0.1) is 0 Å². The molecule has 4 nitrogen and oxygen atoms in total. The summed E-state index contributed by atoms with van der Waals surface area (Å²) in [6.45, 7) is 4.45. The second kappa shape index (κ2) is 6.03. The fourth-order valence-electron chi connectivity index (χ4n) is 4.11. The van der Waals surface area contributed by atoms with Crippen molar-refractivity contribution in [3.8, 4) is 0 Å². The number of amides is 2. The van der Waals surface area contributed by atoms with E-state index in [9.17, 15) is 9.59 Å². The summed E-state index contributed by atoms with van der Waals surface area (Å²) in [4.78, 5) is 26.2. The average Bonchev–Trinajstić information content (AvgIpc) is 3.16. The molecule has 0 saturated heterocycles. The van der Waals surface area contributed by atoms with Crippen LogP contribution >= 0.6 is 0 Å². The fourth-order valence-corrected chi connectivity index (χ4v) is 4.11. The summed E-state index contributed by atoms with van der Waals surface area (Å²) in [5.41, 5.74) is 5.23. The van der Waals surface area contributed by atoms with Gasteiger partial charge in [-0.2, -0.15) is 0 Å². The summed E-state index contributed by atoms with van der Waals surface area (Å²) in [6, 6.07) is 14.0. The molecule has 1 aliphatic heterocycles. The lowest BCUT2D eigenvalue weighted by Gasteiger charge is -2.19. The zero-order valence-corrected chi connectivity index (χ0v) is 14.6. The molecule has 1 aliphatic carbocycles. The van der Waals surface area contributed by atoms with E-state index in [1.165, 1.54) is 11.1 Å². The minimum atomic E-state index is -0.0439. The van der Waals surface area contributed by atoms with E-state index < -0.39 is 0 Å². The van der Waals surface area contributed by atoms with Crippen LogP contribution in [0.2, 0.25) is 0 Å². The highest BCUT2D eigenvalue weighted by atomic mass is 16.2. The van der Waals surface area contributed by atoms with Gasteiger partial charge >= 0.3 is 0 Å². The van der Waals surface area contributed by atoms with Crippen molar-refractivity contribution in [3.05, 3.63) is 64.7 Å². The van der Waals surface area contributed by atoms with Crippen LogP contribution in [-0.2, 0) is 17.6 Å². The second-order valence-electron chi connectivity index (χ2n) is 7.10. The van der Waals surface area contributed by atoms with Crippen molar-refractivity contribution in [1.82, 2.24) is 5.32 Å². The lowest BCUT2D eigenvalue weighted by molar-refractivity contribution is -0.116. The molecule has 2 atom stereocenters. The lowest BCUT2D eigenvalue weighted by atomic mass is 10.0. The van der Waals surface area contributed by atoms with Gasteiger partial charge in [0, 0.05) is 24.7 Å². The van der Waals surface area contributed by atoms with Gasteiger partial charge < -0.3 is 10.2 Å². The van der Waals surface area contributed by atoms with Gasteiger partial charge in [-0.1, -0.05) is 31.2 Å². The summed E-state index contributed by atoms with van der Waals surface area (Å²) in [5.74, 6) is 0.397. The van der Waals surface area contributed by atoms with Gasteiger partial charge in [0.2, 0.25) is 5.91 Å². The fraction of sp³-hybridized carbons (Fsp3) is 0.333. The van der Waals surface area contributed by atoms with Crippen molar-refractivity contribution in [1.29, 1.82) is 0 Å². The normalized spacial score (nSPS) is 21.0. The molecule has 25 heavy (non-hydrogen) atoms. The second-order valence-corrected chi connectivity index (χ2v) is 7.10. The third kappa shape index (κ3) is 2.72. The summed E-state index contributed by atoms with van der Waals surface area (Å²) < 4.78 is 0. The molecule has 0 radical (unpaired) electrons. The minimum absolute atomic E-state index is 0.0439. The third-order valence-electron chi connectivity index (χ3n) is 5.41. The van der Waals surface area contributed by atoms with E-state index in [2.05, 4.69) is 30.4 Å². The molecule has 128 valence electrons. The number of nitrogens with one attached hydrogen (secondary N) is 1. The highest BCUT2D eigenvalue weighted by molar-refractivity contribution is 5.98. The molecule has 0 fully saturated rings. The average molecular weight is 334 g/mol. The number of benzene rings is 2. The number of anilines is 1. The van der Waals surface area contributed by atoms with Gasteiger partial charge in [0.15, 0.2) is 0 Å². The molecule has 0 unspecified atom stereocenters. The smallest absolute Gasteiger partial charge is 0.251 e. The molecule has 4 rings (SSSR count). The summed E-state index contributed by atoms with van der Waals surface area (Å²) in [7, 11) is 0. The summed E-state index contributed by atoms with van der Waals surface area (Å²) in [6.07, 6.45) is 1.80. The van der Waals surface area contributed by atoms with Crippen LogP contribution in [0.1, 0.15) is 46.9 Å². The highest BCUT2D eigenvalue weighted by Gasteiger charge is 2.31. The molecule has 1 heterocycles. The maximum absolute atomic E-state index is 12.8. The van der Waals surface area contributed by atoms with Crippen LogP contribution in [0.5, 0.6) is 0 Å². The van der Waals surface area contributed by atoms with E-state index >= 15 is 0 Å². The van der Waals surface area contributed by atoms with Crippen LogP contribution < -0.4 is 10.2 Å². The van der Waals surface area contributed by atoms with Crippen molar-refractivity contribution in [3.63, 3.8) is 0 Å². The first kappa shape index (κ1) is 15.9. The Hall–Kier alpha value is -2.62. The number of nitrogens with zero attached hydrogens (tertiary/aromatic N) is 1. The Morgan fingerprint density at radius 1 is 1.12 bits per heavy atom. The van der Waals surface area contributed by atoms with E-state index in [4.69, 9.17) is 0 Å². The Bertz CT molecular complexity index is 859. The predicted molar refractivity (Wildman–Crippen MR) is 97.7 cm³/mol.